The van der Waals surface area contributed by atoms with E-state index < -0.39 is 32.4 Å². The van der Waals surface area contributed by atoms with E-state index in [-0.39, 0.29) is 80.9 Å². The van der Waals surface area contributed by atoms with Gasteiger partial charge in [0.2, 0.25) is 0 Å². The molecule has 0 unspecified atom stereocenters. The molecule has 0 aliphatic carbocycles. The van der Waals surface area contributed by atoms with Gasteiger partial charge in [-0.2, -0.15) is 0 Å². The first-order valence-electron chi connectivity index (χ1n) is 3.36. The third-order valence-corrected chi connectivity index (χ3v) is 1.49. The third kappa shape index (κ3) is 36.5. The van der Waals surface area contributed by atoms with Crippen molar-refractivity contribution in [1.82, 2.24) is 0 Å². The fourth-order valence-electron chi connectivity index (χ4n) is 0.327. The standard InChI is InChI=1S/2C3H3Cl3O2.K.Na/c2*4-3(5,6)1-2(7)8;;/h2*1H2,(H,7,8);;/q;;2*+1/p-2. The van der Waals surface area contributed by atoms with Gasteiger partial charge in [0, 0.05) is 24.8 Å². The molecule has 0 aromatic rings. The smallest absolute Gasteiger partial charge is 0.550 e. The van der Waals surface area contributed by atoms with E-state index in [0.29, 0.717) is 0 Å². The van der Waals surface area contributed by atoms with Gasteiger partial charge in [-0.3, -0.25) is 0 Å². The molecule has 0 amide bonds. The molecule has 0 heterocycles. The van der Waals surface area contributed by atoms with Crippen LogP contribution in [-0.2, 0) is 9.59 Å². The van der Waals surface area contributed by atoms with Gasteiger partial charge in [-0.25, -0.2) is 0 Å². The monoisotopic (exact) mass is 412 g/mol. The van der Waals surface area contributed by atoms with Crippen molar-refractivity contribution in [3.63, 3.8) is 0 Å². The predicted octanol–water partition coefficient (Wildman–Crippen LogP) is -5.00. The minimum atomic E-state index is -1.72. The Kier molecular flexibility index (Phi) is 22.7. The van der Waals surface area contributed by atoms with Crippen LogP contribution >= 0.6 is 69.6 Å². The Morgan fingerprint density at radius 3 is 0.944 bits per heavy atom. The Labute approximate surface area is 199 Å². The Morgan fingerprint density at radius 1 is 0.778 bits per heavy atom. The first-order valence-corrected chi connectivity index (χ1v) is 5.63. The second-order valence-corrected chi connectivity index (χ2v) is 7.36. The van der Waals surface area contributed by atoms with Crippen molar-refractivity contribution in [2.75, 3.05) is 0 Å². The molecule has 0 atom stereocenters. The second kappa shape index (κ2) is 13.9. The van der Waals surface area contributed by atoms with Crippen LogP contribution in [0.25, 0.3) is 0 Å². The Balaban J connectivity index is -0.0000000980. The number of halogens is 6. The summed E-state index contributed by atoms with van der Waals surface area (Å²) < 4.78 is -3.45. The van der Waals surface area contributed by atoms with Crippen molar-refractivity contribution in [3.8, 4) is 0 Å². The van der Waals surface area contributed by atoms with Gasteiger partial charge < -0.3 is 19.8 Å². The molecule has 0 saturated carbocycles. The van der Waals surface area contributed by atoms with E-state index in [1.54, 1.807) is 0 Å². The van der Waals surface area contributed by atoms with Crippen molar-refractivity contribution in [2.45, 2.75) is 20.4 Å². The van der Waals surface area contributed by atoms with E-state index in [9.17, 15) is 19.8 Å². The second-order valence-electron chi connectivity index (χ2n) is 2.33. The summed E-state index contributed by atoms with van der Waals surface area (Å²) >= 11 is 30.2. The molecule has 0 aliphatic heterocycles. The molecule has 0 aliphatic rings. The van der Waals surface area contributed by atoms with Crippen molar-refractivity contribution in [3.05, 3.63) is 0 Å². The molecule has 0 aromatic carbocycles. The normalized spacial score (nSPS) is 10.1. The zero-order chi connectivity index (χ0) is 13.6. The van der Waals surface area contributed by atoms with Gasteiger partial charge in [0.1, 0.15) is 0 Å². The van der Waals surface area contributed by atoms with E-state index in [4.69, 9.17) is 69.6 Å². The summed E-state index contributed by atoms with van der Waals surface area (Å²) in [6, 6.07) is 0. The molecule has 0 saturated heterocycles. The quantitative estimate of drug-likeness (QED) is 0.335. The minimum Gasteiger partial charge on any atom is -0.550 e. The number of carboxylic acid groups (broad SMARTS) is 2. The molecule has 12 heteroatoms. The van der Waals surface area contributed by atoms with Crippen LogP contribution in [0.4, 0.5) is 0 Å². The van der Waals surface area contributed by atoms with Gasteiger partial charge in [0.15, 0.2) is 7.59 Å². The molecule has 96 valence electrons. The van der Waals surface area contributed by atoms with Gasteiger partial charge >= 0.3 is 80.9 Å². The van der Waals surface area contributed by atoms with Crippen LogP contribution in [0.3, 0.4) is 0 Å². The Morgan fingerprint density at radius 2 is 0.944 bits per heavy atom. The minimum absolute atomic E-state index is 0. The Hall–Kier alpha value is 3.32. The summed E-state index contributed by atoms with van der Waals surface area (Å²) in [5.41, 5.74) is 0. The van der Waals surface area contributed by atoms with E-state index >= 15 is 0 Å². The summed E-state index contributed by atoms with van der Waals surface area (Å²) in [5, 5.41) is 19.3. The summed E-state index contributed by atoms with van der Waals surface area (Å²) in [4.78, 5) is 19.3. The van der Waals surface area contributed by atoms with Crippen LogP contribution in [0.1, 0.15) is 12.8 Å². The average molecular weight is 415 g/mol. The molecule has 0 bridgehead atoms. The Bertz CT molecular complexity index is 227. The van der Waals surface area contributed by atoms with Crippen LogP contribution in [0.15, 0.2) is 0 Å². The average Bonchev–Trinajstić information content (AvgIpc) is 1.72. The summed E-state index contributed by atoms with van der Waals surface area (Å²) in [7, 11) is 0. The first kappa shape index (κ1) is 29.3. The number of carboxylic acids is 2. The predicted molar refractivity (Wildman–Crippen MR) is 59.8 cm³/mol. The van der Waals surface area contributed by atoms with Crippen LogP contribution in [0.2, 0.25) is 0 Å². The van der Waals surface area contributed by atoms with Gasteiger partial charge in [-0.15, -0.1) is 0 Å². The molecule has 0 N–H and O–H groups in total. The number of hydrogen-bond acceptors (Lipinski definition) is 4. The molecule has 18 heavy (non-hydrogen) atoms. The number of aliphatic carboxylic acids is 2. The van der Waals surface area contributed by atoms with Crippen LogP contribution in [0, 0.1) is 0 Å². The molecule has 0 fully saturated rings. The molecule has 0 rings (SSSR count). The van der Waals surface area contributed by atoms with Gasteiger partial charge in [-0.05, 0) is 0 Å². The number of rotatable bonds is 2. The number of carbonyl (C=O) groups excluding carboxylic acids is 2. The first-order chi connectivity index (χ1) is 6.83. The fourth-order valence-corrected chi connectivity index (χ4v) is 0.982. The fraction of sp³-hybridized carbons (Fsp3) is 0.667. The van der Waals surface area contributed by atoms with Gasteiger partial charge in [0.25, 0.3) is 0 Å². The molecule has 4 nitrogen and oxygen atoms in total. The van der Waals surface area contributed by atoms with Crippen molar-refractivity contribution in [2.24, 2.45) is 0 Å². The largest absolute Gasteiger partial charge is 1.00 e. The van der Waals surface area contributed by atoms with E-state index in [2.05, 4.69) is 0 Å². The van der Waals surface area contributed by atoms with Crippen molar-refractivity contribution in [1.29, 1.82) is 0 Å². The number of carbonyl (C=O) groups is 2. The van der Waals surface area contributed by atoms with Crippen molar-refractivity contribution < 1.29 is 101 Å². The molecule has 0 aromatic heterocycles. The van der Waals surface area contributed by atoms with E-state index in [1.165, 1.54) is 0 Å². The van der Waals surface area contributed by atoms with E-state index in [0.717, 1.165) is 0 Å². The maximum absolute atomic E-state index is 9.65. The van der Waals surface area contributed by atoms with Crippen LogP contribution in [-0.4, -0.2) is 19.5 Å². The van der Waals surface area contributed by atoms with Gasteiger partial charge in [-0.1, -0.05) is 69.6 Å². The SMILES string of the molecule is O=C([O-])CC(Cl)(Cl)Cl.O=C([O-])CC(Cl)(Cl)Cl.[K+].[Na+]. The summed E-state index contributed by atoms with van der Waals surface area (Å²) in [5.74, 6) is -2.74. The van der Waals surface area contributed by atoms with Gasteiger partial charge in [0.05, 0.1) is 0 Å². The third-order valence-electron chi connectivity index (χ3n) is 0.690. The maximum Gasteiger partial charge on any atom is 1.00 e. The van der Waals surface area contributed by atoms with Crippen LogP contribution < -0.4 is 91.2 Å². The zero-order valence-electron chi connectivity index (χ0n) is 9.31. The molecular formula is C6H4Cl6KNaO4. The van der Waals surface area contributed by atoms with E-state index in [1.807, 2.05) is 0 Å². The summed E-state index contributed by atoms with van der Waals surface area (Å²) in [6.07, 6.45) is -1.14. The van der Waals surface area contributed by atoms with Crippen molar-refractivity contribution >= 4 is 81.5 Å². The number of hydrogen-bond donors (Lipinski definition) is 0. The molecule has 0 radical (unpaired) electrons. The molecule has 0 spiro atoms. The zero-order valence-corrected chi connectivity index (χ0v) is 19.0. The maximum atomic E-state index is 9.65. The topological polar surface area (TPSA) is 80.3 Å². The summed E-state index contributed by atoms with van der Waals surface area (Å²) in [6.45, 7) is 0. The van der Waals surface area contributed by atoms with Crippen LogP contribution in [0.5, 0.6) is 0 Å². The molecular weight excluding hydrogens is 411 g/mol. The number of alkyl halides is 6.